The molecule has 27 heavy (non-hydrogen) atoms. The van der Waals surface area contributed by atoms with Crippen LogP contribution in [-0.4, -0.2) is 65.7 Å². The maximum atomic E-state index is 12.3. The Morgan fingerprint density at radius 2 is 2.00 bits per heavy atom. The highest BCUT2D eigenvalue weighted by atomic mass is 16.5. The molecular formula is C20H31N5O2. The molecule has 1 amide bonds. The number of piperidine rings is 1. The van der Waals surface area contributed by atoms with Gasteiger partial charge in [0, 0.05) is 45.6 Å². The average Bonchev–Trinajstić information content (AvgIpc) is 3.08. The Kier molecular flexibility index (Phi) is 6.44. The van der Waals surface area contributed by atoms with Crippen molar-refractivity contribution in [3.05, 3.63) is 29.6 Å². The lowest BCUT2D eigenvalue weighted by molar-refractivity contribution is -0.0741. The second-order valence-corrected chi connectivity index (χ2v) is 7.80. The summed E-state index contributed by atoms with van der Waals surface area (Å²) < 4.78 is 6.39. The first kappa shape index (κ1) is 19.8. The topological polar surface area (TPSA) is 79.4 Å². The molecule has 1 aromatic rings. The van der Waals surface area contributed by atoms with Crippen molar-refractivity contribution >= 4 is 11.9 Å². The highest BCUT2D eigenvalue weighted by molar-refractivity contribution is 5.93. The van der Waals surface area contributed by atoms with E-state index in [9.17, 15) is 4.79 Å². The van der Waals surface area contributed by atoms with E-state index in [1.54, 1.807) is 7.05 Å². The molecule has 148 valence electrons. The zero-order chi connectivity index (χ0) is 19.3. The van der Waals surface area contributed by atoms with E-state index in [2.05, 4.69) is 45.4 Å². The SMILES string of the molecule is CNc1ncc(C(=O)NC[C@H]2CCC3(CCN(CC=C(C)C)CC3)O2)cn1. The van der Waals surface area contributed by atoms with Crippen LogP contribution in [0.4, 0.5) is 5.95 Å². The number of allylic oxidation sites excluding steroid dienone is 1. The van der Waals surface area contributed by atoms with E-state index in [4.69, 9.17) is 4.74 Å². The first-order chi connectivity index (χ1) is 13.0. The molecule has 3 heterocycles. The summed E-state index contributed by atoms with van der Waals surface area (Å²) in [6, 6.07) is 0. The largest absolute Gasteiger partial charge is 0.370 e. The molecule has 1 atom stereocenters. The van der Waals surface area contributed by atoms with E-state index < -0.39 is 0 Å². The fourth-order valence-corrected chi connectivity index (χ4v) is 3.74. The Bertz CT molecular complexity index is 661. The average molecular weight is 374 g/mol. The van der Waals surface area contributed by atoms with Gasteiger partial charge in [0.1, 0.15) is 0 Å². The standard InChI is InChI=1S/C20H31N5O2/c1-15(2)5-9-25-10-7-20(8-11-25)6-4-17(27-20)14-22-18(26)16-12-23-19(21-3)24-13-16/h5,12-13,17H,4,6-11,14H2,1-3H3,(H,22,26)(H,21,23,24)/t17-/m1/s1. The lowest BCUT2D eigenvalue weighted by Gasteiger charge is -2.39. The van der Waals surface area contributed by atoms with E-state index in [1.807, 2.05) is 0 Å². The number of amides is 1. The minimum absolute atomic E-state index is 0.00836. The van der Waals surface area contributed by atoms with Gasteiger partial charge < -0.3 is 15.4 Å². The molecule has 0 bridgehead atoms. The zero-order valence-corrected chi connectivity index (χ0v) is 16.6. The number of hydrogen-bond acceptors (Lipinski definition) is 6. The smallest absolute Gasteiger partial charge is 0.254 e. The van der Waals surface area contributed by atoms with E-state index in [0.717, 1.165) is 45.3 Å². The lowest BCUT2D eigenvalue weighted by atomic mass is 9.88. The van der Waals surface area contributed by atoms with Gasteiger partial charge in [-0.05, 0) is 39.5 Å². The Morgan fingerprint density at radius 1 is 1.30 bits per heavy atom. The molecule has 2 saturated heterocycles. The monoisotopic (exact) mass is 373 g/mol. The summed E-state index contributed by atoms with van der Waals surface area (Å²) in [5, 5.41) is 5.80. The normalized spacial score (nSPS) is 21.8. The molecule has 1 aromatic heterocycles. The summed E-state index contributed by atoms with van der Waals surface area (Å²) >= 11 is 0. The number of hydrogen-bond donors (Lipinski definition) is 2. The third-order valence-electron chi connectivity index (χ3n) is 5.49. The van der Waals surface area contributed by atoms with Crippen LogP contribution in [0.2, 0.25) is 0 Å². The number of nitrogens with zero attached hydrogens (tertiary/aromatic N) is 3. The summed E-state index contributed by atoms with van der Waals surface area (Å²) in [5.74, 6) is 0.349. The molecule has 0 saturated carbocycles. The third-order valence-corrected chi connectivity index (χ3v) is 5.49. The predicted molar refractivity (Wildman–Crippen MR) is 106 cm³/mol. The van der Waals surface area contributed by atoms with Gasteiger partial charge in [0.15, 0.2) is 0 Å². The third kappa shape index (κ3) is 5.26. The van der Waals surface area contributed by atoms with Crippen LogP contribution in [0.3, 0.4) is 0 Å². The molecule has 7 heteroatoms. The second kappa shape index (κ2) is 8.80. The van der Waals surface area contributed by atoms with Crippen molar-refractivity contribution in [1.82, 2.24) is 20.2 Å². The van der Waals surface area contributed by atoms with Crippen molar-refractivity contribution in [2.45, 2.75) is 51.2 Å². The van der Waals surface area contributed by atoms with Crippen molar-refractivity contribution in [3.8, 4) is 0 Å². The molecular weight excluding hydrogens is 342 g/mol. The maximum Gasteiger partial charge on any atom is 0.254 e. The van der Waals surface area contributed by atoms with Crippen molar-refractivity contribution in [2.75, 3.05) is 38.5 Å². The Hall–Kier alpha value is -1.99. The summed E-state index contributed by atoms with van der Waals surface area (Å²) in [4.78, 5) is 22.9. The molecule has 2 fully saturated rings. The first-order valence-electron chi connectivity index (χ1n) is 9.81. The zero-order valence-electron chi connectivity index (χ0n) is 16.6. The number of aromatic nitrogens is 2. The minimum atomic E-state index is -0.154. The van der Waals surface area contributed by atoms with Gasteiger partial charge in [-0.15, -0.1) is 0 Å². The van der Waals surface area contributed by atoms with Gasteiger partial charge >= 0.3 is 0 Å². The molecule has 0 aromatic carbocycles. The molecule has 1 spiro atoms. The van der Waals surface area contributed by atoms with Crippen LogP contribution in [0.1, 0.15) is 49.9 Å². The van der Waals surface area contributed by atoms with Gasteiger partial charge in [0.25, 0.3) is 5.91 Å². The highest BCUT2D eigenvalue weighted by Gasteiger charge is 2.42. The van der Waals surface area contributed by atoms with E-state index in [-0.39, 0.29) is 17.6 Å². The number of anilines is 1. The van der Waals surface area contributed by atoms with Gasteiger partial charge in [-0.1, -0.05) is 11.6 Å². The summed E-state index contributed by atoms with van der Waals surface area (Å²) in [6.45, 7) is 8.02. The quantitative estimate of drug-likeness (QED) is 0.745. The van der Waals surface area contributed by atoms with Gasteiger partial charge in [0.05, 0.1) is 17.3 Å². The predicted octanol–water partition coefficient (Wildman–Crippen LogP) is 2.23. The summed E-state index contributed by atoms with van der Waals surface area (Å²) in [6.07, 6.45) is 9.70. The van der Waals surface area contributed by atoms with Crippen LogP contribution in [0, 0.1) is 0 Å². The second-order valence-electron chi connectivity index (χ2n) is 7.80. The van der Waals surface area contributed by atoms with Gasteiger partial charge in [-0.25, -0.2) is 9.97 Å². The van der Waals surface area contributed by atoms with E-state index in [1.165, 1.54) is 18.0 Å². The minimum Gasteiger partial charge on any atom is -0.370 e. The van der Waals surface area contributed by atoms with Gasteiger partial charge in [-0.2, -0.15) is 0 Å². The summed E-state index contributed by atoms with van der Waals surface area (Å²) in [7, 11) is 1.74. The number of likely N-dealkylation sites (tertiary alicyclic amines) is 1. The fraction of sp³-hybridized carbons (Fsp3) is 0.650. The molecule has 0 aliphatic carbocycles. The fourth-order valence-electron chi connectivity index (χ4n) is 3.74. The summed E-state index contributed by atoms with van der Waals surface area (Å²) in [5.41, 5.74) is 1.84. The van der Waals surface area contributed by atoms with Crippen LogP contribution >= 0.6 is 0 Å². The molecule has 2 N–H and O–H groups in total. The Morgan fingerprint density at radius 3 is 2.63 bits per heavy atom. The van der Waals surface area contributed by atoms with Crippen LogP contribution in [0.5, 0.6) is 0 Å². The van der Waals surface area contributed by atoms with E-state index >= 15 is 0 Å². The number of nitrogens with one attached hydrogen (secondary N) is 2. The van der Waals surface area contributed by atoms with Crippen LogP contribution in [0.15, 0.2) is 24.0 Å². The van der Waals surface area contributed by atoms with E-state index in [0.29, 0.717) is 18.1 Å². The first-order valence-corrected chi connectivity index (χ1v) is 9.81. The lowest BCUT2D eigenvalue weighted by Crippen LogP contribution is -2.45. The van der Waals surface area contributed by atoms with Crippen LogP contribution < -0.4 is 10.6 Å². The number of carbonyl (C=O) groups excluding carboxylic acids is 1. The molecule has 0 radical (unpaired) electrons. The van der Waals surface area contributed by atoms with Crippen LogP contribution in [-0.2, 0) is 4.74 Å². The molecule has 0 unspecified atom stereocenters. The van der Waals surface area contributed by atoms with Crippen molar-refractivity contribution in [1.29, 1.82) is 0 Å². The van der Waals surface area contributed by atoms with Crippen molar-refractivity contribution in [2.24, 2.45) is 0 Å². The molecule has 2 aliphatic heterocycles. The number of ether oxygens (including phenoxy) is 1. The van der Waals surface area contributed by atoms with Crippen LogP contribution in [0.25, 0.3) is 0 Å². The van der Waals surface area contributed by atoms with Gasteiger partial charge in [0.2, 0.25) is 5.95 Å². The van der Waals surface area contributed by atoms with Crippen molar-refractivity contribution in [3.63, 3.8) is 0 Å². The molecule has 3 rings (SSSR count). The highest BCUT2D eigenvalue weighted by Crippen LogP contribution is 2.38. The van der Waals surface area contributed by atoms with Gasteiger partial charge in [-0.3, -0.25) is 9.69 Å². The molecule has 7 nitrogen and oxygen atoms in total. The number of rotatable bonds is 6. The maximum absolute atomic E-state index is 12.3. The Labute approximate surface area is 161 Å². The Balaban J connectivity index is 1.43. The van der Waals surface area contributed by atoms with Crippen molar-refractivity contribution < 1.29 is 9.53 Å². The number of carbonyl (C=O) groups is 1. The molecule has 2 aliphatic rings.